The fraction of sp³-hybridized carbons (Fsp3) is 0.933. The second-order valence-corrected chi connectivity index (χ2v) is 7.07. The van der Waals surface area contributed by atoms with E-state index >= 15 is 0 Å². The van der Waals surface area contributed by atoms with Crippen molar-refractivity contribution in [2.75, 3.05) is 26.2 Å². The van der Waals surface area contributed by atoms with Crippen LogP contribution in [0.2, 0.25) is 0 Å². The molecular formula is C15H31Cl2N3O2. The SMILES string of the molecule is CC1CCCN(C(C)(C)CNC(=O)C2CC(O)CN2)C1.Cl.Cl. The highest BCUT2D eigenvalue weighted by Crippen LogP contribution is 2.23. The standard InChI is InChI=1S/C15H29N3O2.2ClH/c1-11-5-4-6-18(9-11)15(2,3)10-17-14(20)13-7-12(19)8-16-13;;/h11-13,16,19H,4-10H2,1-3H3,(H,17,20);2*1H. The molecule has 0 spiro atoms. The number of aliphatic hydroxyl groups is 1. The van der Waals surface area contributed by atoms with Gasteiger partial charge < -0.3 is 15.7 Å². The number of carbonyl (C=O) groups is 1. The lowest BCUT2D eigenvalue weighted by molar-refractivity contribution is -0.123. The minimum atomic E-state index is -0.387. The first-order chi connectivity index (χ1) is 9.38. The molecule has 0 aromatic heterocycles. The van der Waals surface area contributed by atoms with E-state index in [0.717, 1.165) is 19.0 Å². The molecule has 2 aliphatic rings. The number of hydrogen-bond donors (Lipinski definition) is 3. The van der Waals surface area contributed by atoms with Gasteiger partial charge in [-0.2, -0.15) is 0 Å². The molecule has 7 heteroatoms. The molecule has 132 valence electrons. The van der Waals surface area contributed by atoms with Crippen LogP contribution >= 0.6 is 24.8 Å². The van der Waals surface area contributed by atoms with Gasteiger partial charge in [-0.15, -0.1) is 24.8 Å². The van der Waals surface area contributed by atoms with Crippen molar-refractivity contribution in [1.29, 1.82) is 0 Å². The summed E-state index contributed by atoms with van der Waals surface area (Å²) < 4.78 is 0. The van der Waals surface area contributed by atoms with Gasteiger partial charge in [-0.25, -0.2) is 0 Å². The van der Waals surface area contributed by atoms with Gasteiger partial charge in [0, 0.05) is 25.2 Å². The number of halogens is 2. The van der Waals surface area contributed by atoms with Crippen molar-refractivity contribution in [1.82, 2.24) is 15.5 Å². The van der Waals surface area contributed by atoms with Crippen molar-refractivity contribution in [2.45, 2.75) is 57.7 Å². The fourth-order valence-corrected chi connectivity index (χ4v) is 3.19. The highest BCUT2D eigenvalue weighted by Gasteiger charge is 2.32. The van der Waals surface area contributed by atoms with Crippen LogP contribution in [0, 0.1) is 5.92 Å². The number of nitrogens with one attached hydrogen (secondary N) is 2. The molecule has 0 aliphatic carbocycles. The average molecular weight is 356 g/mol. The lowest BCUT2D eigenvalue weighted by Crippen LogP contribution is -2.56. The molecule has 0 bridgehead atoms. The normalized spacial score (nSPS) is 29.4. The molecule has 3 unspecified atom stereocenters. The summed E-state index contributed by atoms with van der Waals surface area (Å²) in [5, 5.41) is 15.6. The topological polar surface area (TPSA) is 64.6 Å². The molecule has 1 amide bonds. The summed E-state index contributed by atoms with van der Waals surface area (Å²) in [7, 11) is 0. The first-order valence-electron chi connectivity index (χ1n) is 7.82. The maximum Gasteiger partial charge on any atom is 0.237 e. The molecule has 0 aromatic carbocycles. The van der Waals surface area contributed by atoms with Crippen LogP contribution in [0.4, 0.5) is 0 Å². The van der Waals surface area contributed by atoms with E-state index in [9.17, 15) is 9.90 Å². The zero-order chi connectivity index (χ0) is 14.8. The van der Waals surface area contributed by atoms with E-state index in [0.29, 0.717) is 19.5 Å². The summed E-state index contributed by atoms with van der Waals surface area (Å²) in [6, 6.07) is -0.235. The van der Waals surface area contributed by atoms with Gasteiger partial charge in [-0.3, -0.25) is 9.69 Å². The van der Waals surface area contributed by atoms with Crippen molar-refractivity contribution in [3.8, 4) is 0 Å². The molecule has 0 aromatic rings. The molecule has 2 rings (SSSR count). The molecule has 0 radical (unpaired) electrons. The predicted octanol–water partition coefficient (Wildman–Crippen LogP) is 1.18. The number of likely N-dealkylation sites (tertiary alicyclic amines) is 1. The molecule has 0 saturated carbocycles. The van der Waals surface area contributed by atoms with Crippen LogP contribution in [0.5, 0.6) is 0 Å². The van der Waals surface area contributed by atoms with Crippen molar-refractivity contribution in [3.05, 3.63) is 0 Å². The average Bonchev–Trinajstić information content (AvgIpc) is 2.83. The molecule has 5 nitrogen and oxygen atoms in total. The Kier molecular flexibility index (Phi) is 9.25. The van der Waals surface area contributed by atoms with Crippen molar-refractivity contribution in [3.63, 3.8) is 0 Å². The largest absolute Gasteiger partial charge is 0.392 e. The van der Waals surface area contributed by atoms with E-state index in [1.165, 1.54) is 12.8 Å². The summed E-state index contributed by atoms with van der Waals surface area (Å²) in [6.07, 6.45) is 2.69. The Morgan fingerprint density at radius 3 is 2.64 bits per heavy atom. The smallest absolute Gasteiger partial charge is 0.237 e. The van der Waals surface area contributed by atoms with Crippen LogP contribution in [0.15, 0.2) is 0 Å². The zero-order valence-electron chi connectivity index (χ0n) is 13.8. The lowest BCUT2D eigenvalue weighted by Gasteiger charge is -2.43. The maximum atomic E-state index is 12.1. The highest BCUT2D eigenvalue weighted by atomic mass is 35.5. The van der Waals surface area contributed by atoms with Gasteiger partial charge >= 0.3 is 0 Å². The van der Waals surface area contributed by atoms with Crippen LogP contribution in [-0.2, 0) is 4.79 Å². The Labute approximate surface area is 146 Å². The van der Waals surface area contributed by atoms with Crippen LogP contribution in [-0.4, -0.2) is 59.8 Å². The molecule has 22 heavy (non-hydrogen) atoms. The van der Waals surface area contributed by atoms with Gasteiger partial charge in [0.1, 0.15) is 0 Å². The molecule has 2 heterocycles. The predicted molar refractivity (Wildman–Crippen MR) is 94.0 cm³/mol. The Morgan fingerprint density at radius 1 is 1.41 bits per heavy atom. The van der Waals surface area contributed by atoms with E-state index in [2.05, 4.69) is 36.3 Å². The second kappa shape index (κ2) is 9.28. The monoisotopic (exact) mass is 355 g/mol. The van der Waals surface area contributed by atoms with E-state index < -0.39 is 0 Å². The van der Waals surface area contributed by atoms with Gasteiger partial charge in [0.15, 0.2) is 0 Å². The van der Waals surface area contributed by atoms with Crippen molar-refractivity contribution >= 4 is 30.7 Å². The van der Waals surface area contributed by atoms with Crippen LogP contribution in [0.1, 0.15) is 40.0 Å². The van der Waals surface area contributed by atoms with Crippen molar-refractivity contribution in [2.24, 2.45) is 5.92 Å². The number of rotatable bonds is 4. The highest BCUT2D eigenvalue weighted by molar-refractivity contribution is 5.85. The lowest BCUT2D eigenvalue weighted by atomic mass is 9.93. The van der Waals surface area contributed by atoms with Gasteiger partial charge in [-0.05, 0) is 45.6 Å². The minimum absolute atomic E-state index is 0. The molecule has 3 N–H and O–H groups in total. The third-order valence-electron chi connectivity index (χ3n) is 4.63. The number of carbonyl (C=O) groups excluding carboxylic acids is 1. The number of amides is 1. The molecule has 2 saturated heterocycles. The summed E-state index contributed by atoms with van der Waals surface area (Å²) in [5.74, 6) is 0.755. The quantitative estimate of drug-likeness (QED) is 0.708. The van der Waals surface area contributed by atoms with Crippen molar-refractivity contribution < 1.29 is 9.90 Å². The van der Waals surface area contributed by atoms with Crippen LogP contribution in [0.3, 0.4) is 0 Å². The second-order valence-electron chi connectivity index (χ2n) is 7.07. The Bertz CT molecular complexity index is 356. The third-order valence-corrected chi connectivity index (χ3v) is 4.63. The molecule has 3 atom stereocenters. The van der Waals surface area contributed by atoms with Crippen LogP contribution < -0.4 is 10.6 Å². The first kappa shape index (κ1) is 21.9. The number of β-amino-alcohol motifs (C(OH)–C–C–N with tert-alkyl or cyclic N) is 1. The summed E-state index contributed by atoms with van der Waals surface area (Å²) in [4.78, 5) is 14.6. The zero-order valence-corrected chi connectivity index (χ0v) is 15.4. The van der Waals surface area contributed by atoms with Gasteiger partial charge in [0.2, 0.25) is 5.91 Å². The van der Waals surface area contributed by atoms with Gasteiger partial charge in [-0.1, -0.05) is 6.92 Å². The number of aliphatic hydroxyl groups excluding tert-OH is 1. The Hall–Kier alpha value is -0.0700. The Balaban J connectivity index is 0.00000220. The number of piperidine rings is 1. The maximum absolute atomic E-state index is 12.1. The van der Waals surface area contributed by atoms with E-state index in [-0.39, 0.29) is 48.4 Å². The third kappa shape index (κ3) is 5.85. The molecular weight excluding hydrogens is 325 g/mol. The van der Waals surface area contributed by atoms with E-state index in [4.69, 9.17) is 0 Å². The number of nitrogens with zero attached hydrogens (tertiary/aromatic N) is 1. The van der Waals surface area contributed by atoms with Gasteiger partial charge in [0.05, 0.1) is 12.1 Å². The summed E-state index contributed by atoms with van der Waals surface area (Å²) >= 11 is 0. The summed E-state index contributed by atoms with van der Waals surface area (Å²) in [6.45, 7) is 10.1. The summed E-state index contributed by atoms with van der Waals surface area (Å²) in [5.41, 5.74) is -0.0123. The van der Waals surface area contributed by atoms with E-state index in [1.54, 1.807) is 0 Å². The van der Waals surface area contributed by atoms with E-state index in [1.807, 2.05) is 0 Å². The molecule has 2 fully saturated rings. The fourth-order valence-electron chi connectivity index (χ4n) is 3.19. The Morgan fingerprint density at radius 2 is 2.09 bits per heavy atom. The minimum Gasteiger partial charge on any atom is -0.392 e. The number of hydrogen-bond acceptors (Lipinski definition) is 4. The van der Waals surface area contributed by atoms with Crippen LogP contribution in [0.25, 0.3) is 0 Å². The van der Waals surface area contributed by atoms with Gasteiger partial charge in [0.25, 0.3) is 0 Å². The molecule has 2 aliphatic heterocycles. The first-order valence-corrected chi connectivity index (χ1v) is 7.82.